The summed E-state index contributed by atoms with van der Waals surface area (Å²) in [6, 6.07) is 20.3. The van der Waals surface area contributed by atoms with Gasteiger partial charge in [0.05, 0.1) is 6.04 Å². The van der Waals surface area contributed by atoms with Crippen molar-refractivity contribution in [2.24, 2.45) is 0 Å². The fraction of sp³-hybridized carbons (Fsp3) is 0.333. The number of thioether (sulfide) groups is 1. The highest BCUT2D eigenvalue weighted by molar-refractivity contribution is 7.99. The summed E-state index contributed by atoms with van der Waals surface area (Å²) in [6.45, 7) is 2.30. The average Bonchev–Trinajstić information content (AvgIpc) is 2.72. The van der Waals surface area contributed by atoms with Gasteiger partial charge in [-0.05, 0) is 29.7 Å². The number of nitrogens with zero attached hydrogens (tertiary/aromatic N) is 1. The maximum Gasteiger partial charge on any atom is 0.109 e. The van der Waals surface area contributed by atoms with Crippen molar-refractivity contribution >= 4 is 11.8 Å². The van der Waals surface area contributed by atoms with Gasteiger partial charge in [0.15, 0.2) is 0 Å². The predicted molar refractivity (Wildman–Crippen MR) is 89.1 cm³/mol. The van der Waals surface area contributed by atoms with Crippen LogP contribution in [0.15, 0.2) is 54.6 Å². The summed E-state index contributed by atoms with van der Waals surface area (Å²) in [5.41, 5.74) is 4.78. The van der Waals surface area contributed by atoms with E-state index in [2.05, 4.69) is 64.8 Å². The summed E-state index contributed by atoms with van der Waals surface area (Å²) in [6.07, 6.45) is 1.22. The Morgan fingerprint density at radius 2 is 1.81 bits per heavy atom. The Bertz CT molecular complexity index is 614. The molecule has 0 bridgehead atoms. The first-order valence-corrected chi connectivity index (χ1v) is 8.72. The van der Waals surface area contributed by atoms with Crippen LogP contribution in [0, 0.1) is 0 Å². The number of hydrogen-bond acceptors (Lipinski definition) is 3. The van der Waals surface area contributed by atoms with Gasteiger partial charge >= 0.3 is 0 Å². The third-order valence-electron chi connectivity index (χ3n) is 4.41. The SMILES string of the molecule is c1ccc(C2c3ccccc3CSC3NCCCN32)cc1. The third-order valence-corrected chi connectivity index (χ3v) is 5.64. The fourth-order valence-corrected chi connectivity index (χ4v) is 4.68. The quantitative estimate of drug-likeness (QED) is 0.865. The van der Waals surface area contributed by atoms with Crippen LogP contribution in [-0.4, -0.2) is 23.5 Å². The topological polar surface area (TPSA) is 15.3 Å². The van der Waals surface area contributed by atoms with Crippen LogP contribution in [0.2, 0.25) is 0 Å². The molecular weight excluding hydrogens is 276 g/mol. The average molecular weight is 296 g/mol. The lowest BCUT2D eigenvalue weighted by molar-refractivity contribution is 0.155. The van der Waals surface area contributed by atoms with Crippen LogP contribution < -0.4 is 5.32 Å². The molecule has 3 heteroatoms. The van der Waals surface area contributed by atoms with Gasteiger partial charge in [0.25, 0.3) is 0 Å². The molecule has 2 heterocycles. The van der Waals surface area contributed by atoms with Gasteiger partial charge in [0.1, 0.15) is 5.50 Å². The lowest BCUT2D eigenvalue weighted by Crippen LogP contribution is -2.50. The molecule has 0 radical (unpaired) electrons. The van der Waals surface area contributed by atoms with Crippen LogP contribution in [-0.2, 0) is 5.75 Å². The molecule has 0 amide bonds. The zero-order valence-electron chi connectivity index (χ0n) is 12.0. The smallest absolute Gasteiger partial charge is 0.109 e. The second kappa shape index (κ2) is 5.84. The first-order chi connectivity index (χ1) is 10.4. The molecule has 21 heavy (non-hydrogen) atoms. The summed E-state index contributed by atoms with van der Waals surface area (Å²) in [7, 11) is 0. The molecule has 2 nitrogen and oxygen atoms in total. The van der Waals surface area contributed by atoms with Gasteiger partial charge in [-0.2, -0.15) is 0 Å². The Balaban J connectivity index is 1.84. The van der Waals surface area contributed by atoms with Crippen LogP contribution in [0.1, 0.15) is 29.2 Å². The molecule has 2 unspecified atom stereocenters. The highest BCUT2D eigenvalue weighted by Gasteiger charge is 2.34. The Morgan fingerprint density at radius 1 is 1.00 bits per heavy atom. The van der Waals surface area contributed by atoms with Crippen molar-refractivity contribution in [2.45, 2.75) is 23.7 Å². The minimum atomic E-state index is 0.371. The summed E-state index contributed by atoms with van der Waals surface area (Å²) < 4.78 is 0. The molecule has 108 valence electrons. The molecule has 2 aliphatic heterocycles. The van der Waals surface area contributed by atoms with E-state index < -0.39 is 0 Å². The van der Waals surface area contributed by atoms with Gasteiger partial charge < -0.3 is 0 Å². The van der Waals surface area contributed by atoms with E-state index in [0.717, 1.165) is 12.3 Å². The highest BCUT2D eigenvalue weighted by atomic mass is 32.2. The third kappa shape index (κ3) is 2.50. The zero-order valence-corrected chi connectivity index (χ0v) is 12.9. The largest absolute Gasteiger partial charge is 0.293 e. The molecule has 2 aliphatic rings. The van der Waals surface area contributed by atoms with Crippen molar-refractivity contribution in [3.8, 4) is 0 Å². The number of nitrogens with one attached hydrogen (secondary N) is 1. The molecule has 2 aromatic rings. The van der Waals surface area contributed by atoms with Crippen molar-refractivity contribution < 1.29 is 0 Å². The molecular formula is C18H20N2S. The van der Waals surface area contributed by atoms with Gasteiger partial charge in [-0.15, -0.1) is 11.8 Å². The summed E-state index contributed by atoms with van der Waals surface area (Å²) in [5.74, 6) is 1.09. The molecule has 1 saturated heterocycles. The van der Waals surface area contributed by atoms with E-state index in [1.165, 1.54) is 29.7 Å². The van der Waals surface area contributed by atoms with E-state index in [4.69, 9.17) is 0 Å². The molecule has 0 spiro atoms. The maximum atomic E-state index is 3.68. The Labute approximate surface area is 130 Å². The zero-order chi connectivity index (χ0) is 14.1. The molecule has 2 atom stereocenters. The van der Waals surface area contributed by atoms with Crippen LogP contribution >= 0.6 is 11.8 Å². The second-order valence-electron chi connectivity index (χ2n) is 5.72. The Morgan fingerprint density at radius 3 is 2.71 bits per heavy atom. The molecule has 0 saturated carbocycles. The number of rotatable bonds is 1. The Kier molecular flexibility index (Phi) is 3.72. The predicted octanol–water partition coefficient (Wildman–Crippen LogP) is 3.60. The van der Waals surface area contributed by atoms with Crippen LogP contribution in [0.25, 0.3) is 0 Å². The van der Waals surface area contributed by atoms with Gasteiger partial charge in [0, 0.05) is 12.3 Å². The number of fused-ring (bicyclic) bond motifs is 2. The monoisotopic (exact) mass is 296 g/mol. The van der Waals surface area contributed by atoms with E-state index >= 15 is 0 Å². The second-order valence-corrected chi connectivity index (χ2v) is 6.79. The molecule has 1 fully saturated rings. The van der Waals surface area contributed by atoms with Gasteiger partial charge in [-0.1, -0.05) is 54.6 Å². The van der Waals surface area contributed by atoms with E-state index in [1.54, 1.807) is 0 Å². The van der Waals surface area contributed by atoms with Crippen molar-refractivity contribution in [2.75, 3.05) is 13.1 Å². The van der Waals surface area contributed by atoms with E-state index in [9.17, 15) is 0 Å². The number of benzene rings is 2. The van der Waals surface area contributed by atoms with Crippen molar-refractivity contribution in [1.82, 2.24) is 10.2 Å². The van der Waals surface area contributed by atoms with Crippen LogP contribution in [0.5, 0.6) is 0 Å². The molecule has 2 aromatic carbocycles. The molecule has 0 aromatic heterocycles. The summed E-state index contributed by atoms with van der Waals surface area (Å²) >= 11 is 2.02. The minimum Gasteiger partial charge on any atom is -0.293 e. The maximum absolute atomic E-state index is 3.68. The number of hydrogen-bond donors (Lipinski definition) is 1. The van der Waals surface area contributed by atoms with Crippen molar-refractivity contribution in [1.29, 1.82) is 0 Å². The molecule has 1 N–H and O–H groups in total. The lowest BCUT2D eigenvalue weighted by atomic mass is 9.93. The van der Waals surface area contributed by atoms with Gasteiger partial charge in [-0.3, -0.25) is 10.2 Å². The van der Waals surface area contributed by atoms with Crippen LogP contribution in [0.4, 0.5) is 0 Å². The first kappa shape index (κ1) is 13.4. The standard InChI is InChI=1S/C18H20N2S/c1-2-7-14(8-3-1)17-16-10-5-4-9-15(16)13-21-18-19-11-6-12-20(17)18/h1-5,7-10,17-19H,6,11-13H2. The highest BCUT2D eigenvalue weighted by Crippen LogP contribution is 2.40. The lowest BCUT2D eigenvalue weighted by Gasteiger charge is -2.40. The molecule has 0 aliphatic carbocycles. The van der Waals surface area contributed by atoms with Crippen LogP contribution in [0.3, 0.4) is 0 Å². The van der Waals surface area contributed by atoms with E-state index in [0.29, 0.717) is 11.5 Å². The van der Waals surface area contributed by atoms with Gasteiger partial charge in [-0.25, -0.2) is 0 Å². The van der Waals surface area contributed by atoms with Gasteiger partial charge in [0.2, 0.25) is 0 Å². The first-order valence-electron chi connectivity index (χ1n) is 7.67. The van der Waals surface area contributed by atoms with E-state index in [-0.39, 0.29) is 0 Å². The fourth-order valence-electron chi connectivity index (χ4n) is 3.43. The minimum absolute atomic E-state index is 0.371. The normalized spacial score (nSPS) is 25.7. The summed E-state index contributed by atoms with van der Waals surface area (Å²) in [5, 5.41) is 3.68. The Hall–Kier alpha value is -1.29. The van der Waals surface area contributed by atoms with Crippen molar-refractivity contribution in [3.05, 3.63) is 71.3 Å². The summed E-state index contributed by atoms with van der Waals surface area (Å²) in [4.78, 5) is 2.63. The molecule has 4 rings (SSSR count). The van der Waals surface area contributed by atoms with E-state index in [1.807, 2.05) is 11.8 Å². The van der Waals surface area contributed by atoms with Crippen molar-refractivity contribution in [3.63, 3.8) is 0 Å².